The molecule has 0 bridgehead atoms. The highest BCUT2D eigenvalue weighted by Crippen LogP contribution is 2.29. The molecule has 0 aliphatic heterocycles. The fraction of sp³-hybridized carbons (Fsp3) is 0.167. The van der Waals surface area contributed by atoms with Crippen molar-refractivity contribution in [1.29, 1.82) is 0 Å². The van der Waals surface area contributed by atoms with Crippen molar-refractivity contribution in [3.05, 3.63) is 108 Å². The minimum atomic E-state index is -4.06. The van der Waals surface area contributed by atoms with Crippen molar-refractivity contribution in [2.24, 2.45) is 0 Å². The highest BCUT2D eigenvalue weighted by Gasteiger charge is 2.28. The van der Waals surface area contributed by atoms with Crippen LogP contribution in [0.25, 0.3) is 0 Å². The van der Waals surface area contributed by atoms with E-state index in [9.17, 15) is 21.6 Å². The van der Waals surface area contributed by atoms with Crippen LogP contribution in [0.2, 0.25) is 0 Å². The summed E-state index contributed by atoms with van der Waals surface area (Å²) in [6.07, 6.45) is 0.566. The van der Waals surface area contributed by atoms with Crippen molar-refractivity contribution in [3.8, 4) is 5.75 Å². The first kappa shape index (κ1) is 29.6. The van der Waals surface area contributed by atoms with E-state index in [2.05, 4.69) is 10.0 Å². The summed E-state index contributed by atoms with van der Waals surface area (Å²) in [6.45, 7) is 3.26. The monoisotopic (exact) mass is 593 g/mol. The van der Waals surface area contributed by atoms with Gasteiger partial charge in [-0.05, 0) is 79.1 Å². The summed E-state index contributed by atoms with van der Waals surface area (Å²) in [6, 6.07) is 25.7. The van der Waals surface area contributed by atoms with Crippen LogP contribution in [-0.4, -0.2) is 36.4 Å². The van der Waals surface area contributed by atoms with Crippen molar-refractivity contribution in [2.45, 2.75) is 30.1 Å². The summed E-state index contributed by atoms with van der Waals surface area (Å²) in [7, 11) is -6.56. The number of anilines is 3. The predicted octanol–water partition coefficient (Wildman–Crippen LogP) is 5.20. The number of amides is 1. The van der Waals surface area contributed by atoms with Crippen LogP contribution in [0.15, 0.2) is 107 Å². The molecule has 11 heteroatoms. The van der Waals surface area contributed by atoms with Crippen molar-refractivity contribution in [3.63, 3.8) is 0 Å². The van der Waals surface area contributed by atoms with Gasteiger partial charge in [-0.3, -0.25) is 13.8 Å². The maximum atomic E-state index is 13.6. The molecule has 9 nitrogen and oxygen atoms in total. The Bertz CT molecular complexity index is 1740. The number of methoxy groups -OCH3 is 1. The van der Waals surface area contributed by atoms with E-state index < -0.39 is 32.5 Å². The molecule has 0 saturated carbocycles. The Morgan fingerprint density at radius 2 is 1.49 bits per heavy atom. The highest BCUT2D eigenvalue weighted by atomic mass is 32.2. The molecule has 4 rings (SSSR count). The van der Waals surface area contributed by atoms with Crippen molar-refractivity contribution in [2.75, 3.05) is 28.0 Å². The van der Waals surface area contributed by atoms with Crippen molar-refractivity contribution >= 4 is 43.0 Å². The van der Waals surface area contributed by atoms with E-state index in [-0.39, 0.29) is 9.79 Å². The lowest BCUT2D eigenvalue weighted by molar-refractivity contribution is -0.114. The van der Waals surface area contributed by atoms with Crippen LogP contribution in [0.4, 0.5) is 17.1 Å². The molecule has 0 aliphatic rings. The number of nitrogens with one attached hydrogen (secondary N) is 2. The van der Waals surface area contributed by atoms with Gasteiger partial charge in [0, 0.05) is 5.69 Å². The van der Waals surface area contributed by atoms with Crippen LogP contribution in [0.3, 0.4) is 0 Å². The van der Waals surface area contributed by atoms with Gasteiger partial charge in [-0.15, -0.1) is 0 Å². The van der Waals surface area contributed by atoms with E-state index >= 15 is 0 Å². The molecule has 0 unspecified atom stereocenters. The molecule has 41 heavy (non-hydrogen) atoms. The number of sulfonamides is 2. The number of hydrogen-bond donors (Lipinski definition) is 2. The van der Waals surface area contributed by atoms with Crippen LogP contribution in [0.5, 0.6) is 5.75 Å². The Morgan fingerprint density at radius 1 is 0.829 bits per heavy atom. The number of para-hydroxylation sites is 1. The molecular weight excluding hydrogens is 562 g/mol. The summed E-state index contributed by atoms with van der Waals surface area (Å²) in [5.74, 6) is -0.212. The third kappa shape index (κ3) is 6.87. The first-order chi connectivity index (χ1) is 19.5. The molecule has 0 fully saturated rings. The second-order valence-electron chi connectivity index (χ2n) is 9.19. The molecule has 4 aromatic carbocycles. The number of carbonyl (C=O) groups is 1. The van der Waals surface area contributed by atoms with Gasteiger partial charge in [0.05, 0.1) is 28.3 Å². The zero-order valence-corrected chi connectivity index (χ0v) is 24.5. The standard InChI is InChI=1S/C30H31N3O6S2/c1-4-23-10-8-9-13-28(23)33(41(37,38)26-11-6-5-7-12-26)21-30(34)31-24-15-17-25(18-16-24)40(35,36)32-27-20-22(2)14-19-29(27)39-3/h5-20,32H,4,21H2,1-3H3,(H,31,34). The number of benzene rings is 4. The summed E-state index contributed by atoms with van der Waals surface area (Å²) < 4.78 is 62.1. The van der Waals surface area contributed by atoms with Crippen molar-refractivity contribution < 1.29 is 26.4 Å². The van der Waals surface area contributed by atoms with Gasteiger partial charge in [-0.1, -0.05) is 49.4 Å². The topological polar surface area (TPSA) is 122 Å². The average molecular weight is 594 g/mol. The van der Waals surface area contributed by atoms with E-state index in [0.717, 1.165) is 15.4 Å². The number of aryl methyl sites for hydroxylation is 2. The van der Waals surface area contributed by atoms with Crippen molar-refractivity contribution in [1.82, 2.24) is 0 Å². The lowest BCUT2D eigenvalue weighted by Gasteiger charge is -2.26. The number of carbonyl (C=O) groups excluding carboxylic acids is 1. The van der Waals surface area contributed by atoms with E-state index in [1.165, 1.54) is 43.5 Å². The Labute approximate surface area is 240 Å². The van der Waals surface area contributed by atoms with Gasteiger partial charge >= 0.3 is 0 Å². The van der Waals surface area contributed by atoms with E-state index in [1.54, 1.807) is 48.5 Å². The van der Waals surface area contributed by atoms with E-state index in [0.29, 0.717) is 29.2 Å². The minimum absolute atomic E-state index is 0.0239. The zero-order valence-electron chi connectivity index (χ0n) is 22.9. The van der Waals surface area contributed by atoms with Gasteiger partial charge in [-0.2, -0.15) is 0 Å². The third-order valence-electron chi connectivity index (χ3n) is 6.31. The van der Waals surface area contributed by atoms with Gasteiger partial charge in [-0.25, -0.2) is 16.8 Å². The summed E-state index contributed by atoms with van der Waals surface area (Å²) in [4.78, 5) is 13.2. The summed E-state index contributed by atoms with van der Waals surface area (Å²) >= 11 is 0. The molecule has 2 N–H and O–H groups in total. The molecule has 0 saturated heterocycles. The summed E-state index contributed by atoms with van der Waals surface area (Å²) in [5.41, 5.74) is 2.64. The third-order valence-corrected chi connectivity index (χ3v) is 9.46. The highest BCUT2D eigenvalue weighted by molar-refractivity contribution is 7.93. The Balaban J connectivity index is 1.55. The van der Waals surface area contributed by atoms with Gasteiger partial charge in [0.2, 0.25) is 5.91 Å². The Hall–Kier alpha value is -4.35. The maximum absolute atomic E-state index is 13.6. The molecule has 0 spiro atoms. The number of hydrogen-bond acceptors (Lipinski definition) is 6. The summed E-state index contributed by atoms with van der Waals surface area (Å²) in [5, 5.41) is 2.68. The van der Waals surface area contributed by atoms with E-state index in [1.807, 2.05) is 26.0 Å². The molecule has 214 valence electrons. The molecule has 0 aliphatic carbocycles. The second kappa shape index (κ2) is 12.4. The fourth-order valence-electron chi connectivity index (χ4n) is 4.23. The van der Waals surface area contributed by atoms with Gasteiger partial charge < -0.3 is 10.1 Å². The number of ether oxygens (including phenoxy) is 1. The molecule has 1 amide bonds. The minimum Gasteiger partial charge on any atom is -0.495 e. The maximum Gasteiger partial charge on any atom is 0.264 e. The van der Waals surface area contributed by atoms with Gasteiger partial charge in [0.15, 0.2) is 0 Å². The molecular formula is C30H31N3O6S2. The number of rotatable bonds is 11. The molecule has 0 aromatic heterocycles. The van der Waals surface area contributed by atoms with Crippen LogP contribution in [-0.2, 0) is 31.3 Å². The van der Waals surface area contributed by atoms with Crippen LogP contribution < -0.4 is 19.1 Å². The first-order valence-electron chi connectivity index (χ1n) is 12.8. The lowest BCUT2D eigenvalue weighted by Crippen LogP contribution is -2.38. The van der Waals surface area contributed by atoms with E-state index in [4.69, 9.17) is 4.74 Å². The molecule has 0 heterocycles. The second-order valence-corrected chi connectivity index (χ2v) is 12.7. The van der Waals surface area contributed by atoms with Crippen LogP contribution in [0.1, 0.15) is 18.1 Å². The average Bonchev–Trinajstić information content (AvgIpc) is 2.96. The fourth-order valence-corrected chi connectivity index (χ4v) is 6.77. The van der Waals surface area contributed by atoms with Gasteiger partial charge in [0.25, 0.3) is 20.0 Å². The SMILES string of the molecule is CCc1ccccc1N(CC(=O)Nc1ccc(S(=O)(=O)Nc2cc(C)ccc2OC)cc1)S(=O)(=O)c1ccccc1. The molecule has 0 radical (unpaired) electrons. The smallest absolute Gasteiger partial charge is 0.264 e. The predicted molar refractivity (Wildman–Crippen MR) is 160 cm³/mol. The quantitative estimate of drug-likeness (QED) is 0.247. The lowest BCUT2D eigenvalue weighted by atomic mass is 10.1. The zero-order chi connectivity index (χ0) is 29.6. The molecule has 4 aromatic rings. The largest absolute Gasteiger partial charge is 0.495 e. The first-order valence-corrected chi connectivity index (χ1v) is 15.7. The molecule has 0 atom stereocenters. The van der Waals surface area contributed by atoms with Crippen LogP contribution >= 0.6 is 0 Å². The van der Waals surface area contributed by atoms with Gasteiger partial charge in [0.1, 0.15) is 12.3 Å². The normalized spacial score (nSPS) is 11.5. The Morgan fingerprint density at radius 3 is 2.15 bits per heavy atom. The number of nitrogens with zero attached hydrogens (tertiary/aromatic N) is 1. The van der Waals surface area contributed by atoms with Crippen LogP contribution in [0, 0.1) is 6.92 Å². The Kier molecular flexibility index (Phi) is 8.99.